The summed E-state index contributed by atoms with van der Waals surface area (Å²) in [5, 5.41) is 17.4. The lowest BCUT2D eigenvalue weighted by atomic mass is 10.1. The number of carbonyl (C=O) groups is 1. The summed E-state index contributed by atoms with van der Waals surface area (Å²) in [5.74, 6) is -4.81. The number of anilines is 1. The van der Waals surface area contributed by atoms with Gasteiger partial charge in [-0.25, -0.2) is 30.9 Å². The highest BCUT2D eigenvalue weighted by atomic mass is 32.2. The highest BCUT2D eigenvalue weighted by Gasteiger charge is 2.37. The van der Waals surface area contributed by atoms with Crippen LogP contribution in [0.25, 0.3) is 22.2 Å². The molecule has 0 fully saturated rings. The first-order chi connectivity index (χ1) is 17.2. The molecule has 0 unspecified atom stereocenters. The molecule has 0 atom stereocenters. The van der Waals surface area contributed by atoms with E-state index in [-0.39, 0.29) is 28.0 Å². The van der Waals surface area contributed by atoms with Crippen LogP contribution < -0.4 is 14.4 Å². The zero-order chi connectivity index (χ0) is 25.8. The average molecular weight is 515 g/mol. The molecule has 182 valence electrons. The van der Waals surface area contributed by atoms with Crippen molar-refractivity contribution in [2.45, 2.75) is 4.90 Å². The first-order valence-corrected chi connectivity index (χ1v) is 11.4. The molecule has 4 heterocycles. The number of nitrogens with one attached hydrogen (secondary N) is 2. The molecule has 0 bridgehead atoms. The van der Waals surface area contributed by atoms with E-state index >= 15 is 8.78 Å². The van der Waals surface area contributed by atoms with Gasteiger partial charge in [0, 0.05) is 19.4 Å². The van der Waals surface area contributed by atoms with Crippen molar-refractivity contribution in [2.24, 2.45) is 0 Å². The second-order valence-electron chi connectivity index (χ2n) is 7.38. The number of halogens is 3. The van der Waals surface area contributed by atoms with Crippen molar-refractivity contribution >= 4 is 32.5 Å². The molecule has 0 aliphatic carbocycles. The Morgan fingerprint density at radius 2 is 2.00 bits per heavy atom. The zero-order valence-corrected chi connectivity index (χ0v) is 18.8. The minimum Gasteiger partial charge on any atom is -0.454 e. The number of rotatable bonds is 3. The number of hydrogen-bond acceptors (Lipinski definition) is 8. The molecule has 1 aliphatic rings. The molecule has 4 aromatic rings. The van der Waals surface area contributed by atoms with Crippen molar-refractivity contribution in [1.82, 2.24) is 25.5 Å². The van der Waals surface area contributed by atoms with Gasteiger partial charge in [0.2, 0.25) is 5.88 Å². The number of H-pyrrole nitrogens is 1. The molecule has 11 nitrogen and oxygen atoms in total. The third kappa shape index (κ3) is 3.30. The number of hydrogen-bond donors (Lipinski definition) is 2. The number of aromatic amines is 1. The molecule has 5 rings (SSSR count). The van der Waals surface area contributed by atoms with E-state index in [1.165, 1.54) is 7.05 Å². The maximum absolute atomic E-state index is 15.7. The average Bonchev–Trinajstić information content (AvgIpc) is 3.30. The van der Waals surface area contributed by atoms with Gasteiger partial charge in [-0.05, 0) is 18.2 Å². The SMILES string of the molecule is CNC(=O)c1n[nH]c2c(F)c(-c3c(F)ccc(N4COc5ncc(C#N)cc5S4(=O)=O)c3F)ncc12. The largest absolute Gasteiger partial charge is 0.454 e. The number of nitrogens with zero attached hydrogens (tertiary/aromatic N) is 5. The second-order valence-corrected chi connectivity index (χ2v) is 9.21. The van der Waals surface area contributed by atoms with Crippen molar-refractivity contribution < 1.29 is 31.1 Å². The van der Waals surface area contributed by atoms with Crippen LogP contribution in [-0.2, 0) is 10.0 Å². The minimum atomic E-state index is -4.50. The summed E-state index contributed by atoms with van der Waals surface area (Å²) in [4.78, 5) is 19.0. The number of nitriles is 1. The van der Waals surface area contributed by atoms with Gasteiger partial charge in [0.1, 0.15) is 23.1 Å². The number of amides is 1. The van der Waals surface area contributed by atoms with Crippen molar-refractivity contribution in [2.75, 3.05) is 18.1 Å². The monoisotopic (exact) mass is 515 g/mol. The van der Waals surface area contributed by atoms with Gasteiger partial charge >= 0.3 is 0 Å². The third-order valence-corrected chi connectivity index (χ3v) is 7.14. The van der Waals surface area contributed by atoms with Crippen LogP contribution in [0.2, 0.25) is 0 Å². The number of benzene rings is 1. The Labute approximate surface area is 200 Å². The molecule has 1 amide bonds. The number of carbonyl (C=O) groups excluding carboxylic acids is 1. The van der Waals surface area contributed by atoms with Gasteiger partial charge in [-0.1, -0.05) is 0 Å². The van der Waals surface area contributed by atoms with E-state index in [1.54, 1.807) is 6.07 Å². The predicted octanol–water partition coefficient (Wildman–Crippen LogP) is 2.21. The summed E-state index contributed by atoms with van der Waals surface area (Å²) in [7, 11) is -3.16. The summed E-state index contributed by atoms with van der Waals surface area (Å²) < 4.78 is 77.9. The first-order valence-electron chi connectivity index (χ1n) is 9.97. The van der Waals surface area contributed by atoms with Crippen LogP contribution in [0.1, 0.15) is 16.1 Å². The molecule has 1 aromatic carbocycles. The second kappa shape index (κ2) is 8.20. The number of sulfonamides is 1. The smallest absolute Gasteiger partial charge is 0.272 e. The van der Waals surface area contributed by atoms with Crippen LogP contribution in [0.3, 0.4) is 0 Å². The van der Waals surface area contributed by atoms with Gasteiger partial charge in [-0.2, -0.15) is 10.4 Å². The van der Waals surface area contributed by atoms with Gasteiger partial charge in [0.25, 0.3) is 15.9 Å². The van der Waals surface area contributed by atoms with E-state index in [2.05, 4.69) is 25.5 Å². The van der Waals surface area contributed by atoms with Gasteiger partial charge in [0.15, 0.2) is 29.0 Å². The normalized spacial score (nSPS) is 14.1. The van der Waals surface area contributed by atoms with E-state index in [9.17, 15) is 17.6 Å². The minimum absolute atomic E-state index is 0.0306. The molecular formula is C21H12F3N7O4S. The lowest BCUT2D eigenvalue weighted by molar-refractivity contribution is 0.0959. The van der Waals surface area contributed by atoms with Gasteiger partial charge in [0.05, 0.1) is 22.2 Å². The highest BCUT2D eigenvalue weighted by molar-refractivity contribution is 7.93. The lowest BCUT2D eigenvalue weighted by Gasteiger charge is -2.29. The molecule has 0 saturated carbocycles. The van der Waals surface area contributed by atoms with Crippen LogP contribution in [0, 0.1) is 28.8 Å². The number of aromatic nitrogens is 4. The van der Waals surface area contributed by atoms with E-state index in [1.807, 2.05) is 0 Å². The molecule has 1 aliphatic heterocycles. The fourth-order valence-corrected chi connectivity index (χ4v) is 5.10. The fraction of sp³-hybridized carbons (Fsp3) is 0.0952. The van der Waals surface area contributed by atoms with E-state index < -0.39 is 62.0 Å². The van der Waals surface area contributed by atoms with Crippen LogP contribution in [0.15, 0.2) is 35.5 Å². The molecular weight excluding hydrogens is 503 g/mol. The number of fused-ring (bicyclic) bond motifs is 2. The van der Waals surface area contributed by atoms with Crippen molar-refractivity contribution in [3.8, 4) is 23.2 Å². The summed E-state index contributed by atoms with van der Waals surface area (Å²) in [5.41, 5.74) is -2.99. The molecule has 0 radical (unpaired) electrons. The summed E-state index contributed by atoms with van der Waals surface area (Å²) in [6, 6.07) is 4.34. The van der Waals surface area contributed by atoms with Crippen LogP contribution in [0.4, 0.5) is 18.9 Å². The van der Waals surface area contributed by atoms with Crippen molar-refractivity contribution in [3.05, 3.63) is 59.3 Å². The Morgan fingerprint density at radius 1 is 1.22 bits per heavy atom. The van der Waals surface area contributed by atoms with Gasteiger partial charge < -0.3 is 10.1 Å². The molecule has 3 aromatic heterocycles. The maximum atomic E-state index is 15.7. The van der Waals surface area contributed by atoms with Crippen LogP contribution in [0.5, 0.6) is 5.88 Å². The van der Waals surface area contributed by atoms with E-state index in [0.717, 1.165) is 30.6 Å². The standard InChI is InChI=1S/C21H12F3N7O4S/c1-26-20(32)18-10-7-27-19(16(24)17(10)29-30-18)14-11(22)2-3-12(15(14)23)31-8-35-21-13(36(31,33)34)4-9(5-25)6-28-21/h2-4,6-7H,8H2,1H3,(H,26,32)(H,29,30). The Balaban J connectivity index is 1.66. The third-order valence-electron chi connectivity index (χ3n) is 5.41. The Morgan fingerprint density at radius 3 is 2.72 bits per heavy atom. The highest BCUT2D eigenvalue weighted by Crippen LogP contribution is 2.39. The Kier molecular flexibility index (Phi) is 5.25. The Bertz CT molecular complexity index is 1730. The molecule has 2 N–H and O–H groups in total. The first kappa shape index (κ1) is 23.1. The summed E-state index contributed by atoms with van der Waals surface area (Å²) in [6.07, 6.45) is 2.12. The van der Waals surface area contributed by atoms with Crippen molar-refractivity contribution in [3.63, 3.8) is 0 Å². The van der Waals surface area contributed by atoms with Gasteiger partial charge in [-0.3, -0.25) is 14.9 Å². The number of pyridine rings is 2. The summed E-state index contributed by atoms with van der Waals surface area (Å²) in [6.45, 7) is -0.721. The topological polar surface area (TPSA) is 154 Å². The van der Waals surface area contributed by atoms with Crippen LogP contribution >= 0.6 is 0 Å². The molecule has 15 heteroatoms. The lowest BCUT2D eigenvalue weighted by Crippen LogP contribution is -2.39. The van der Waals surface area contributed by atoms with E-state index in [0.29, 0.717) is 4.31 Å². The quantitative estimate of drug-likeness (QED) is 0.421. The number of ether oxygens (including phenoxy) is 1. The zero-order valence-electron chi connectivity index (χ0n) is 18.0. The molecule has 0 saturated heterocycles. The van der Waals surface area contributed by atoms with E-state index in [4.69, 9.17) is 10.00 Å². The summed E-state index contributed by atoms with van der Waals surface area (Å²) >= 11 is 0. The Hall–Kier alpha value is -4.71. The van der Waals surface area contributed by atoms with Gasteiger partial charge in [-0.15, -0.1) is 0 Å². The fourth-order valence-electron chi connectivity index (χ4n) is 3.66. The maximum Gasteiger partial charge on any atom is 0.272 e. The molecule has 0 spiro atoms. The predicted molar refractivity (Wildman–Crippen MR) is 117 cm³/mol. The van der Waals surface area contributed by atoms with Crippen LogP contribution in [-0.4, -0.2) is 48.3 Å². The molecule has 36 heavy (non-hydrogen) atoms. The van der Waals surface area contributed by atoms with Crippen molar-refractivity contribution in [1.29, 1.82) is 5.26 Å².